The lowest BCUT2D eigenvalue weighted by molar-refractivity contribution is -0.141. The highest BCUT2D eigenvalue weighted by molar-refractivity contribution is 8.76. The lowest BCUT2D eigenvalue weighted by Crippen LogP contribution is -2.58. The summed E-state index contributed by atoms with van der Waals surface area (Å²) in [6, 6.07) is 1.69. The molecular weight excluding hydrogens is 1300 g/mol. The number of nitrogens with zero attached hydrogens (tertiary/aromatic N) is 2. The summed E-state index contributed by atoms with van der Waals surface area (Å²) < 4.78 is 34.8. The number of halogens is 1. The van der Waals surface area contributed by atoms with Crippen LogP contribution in [0.1, 0.15) is 60.9 Å². The predicted molar refractivity (Wildman–Crippen MR) is 341 cm³/mol. The quantitative estimate of drug-likeness (QED) is 0.0111. The number of carbonyl (C=O) groups is 13. The first-order chi connectivity index (χ1) is 45.1. The molecule has 1 aromatic heterocycles. The number of carbonyl (C=O) groups excluding carboxylic acids is 12. The van der Waals surface area contributed by atoms with Crippen LogP contribution in [0.4, 0.5) is 4.39 Å². The number of hydrogen-bond donors (Lipinski definition) is 14. The van der Waals surface area contributed by atoms with Crippen molar-refractivity contribution >= 4 is 116 Å². The maximum atomic E-state index is 14.7. The number of rotatable bonds is 31. The molecule has 3 heterocycles. The average molecular weight is 1380 g/mol. The third-order valence-electron chi connectivity index (χ3n) is 13.4. The van der Waals surface area contributed by atoms with Crippen molar-refractivity contribution in [3.05, 3.63) is 65.7 Å². The zero-order chi connectivity index (χ0) is 68.6. The first kappa shape index (κ1) is 78.2. The van der Waals surface area contributed by atoms with Crippen molar-refractivity contribution in [1.29, 1.82) is 0 Å². The van der Waals surface area contributed by atoms with Gasteiger partial charge in [-0.3, -0.25) is 67.3 Å². The molecule has 17 N–H and O–H groups in total. The zero-order valence-electron chi connectivity index (χ0n) is 51.5. The minimum absolute atomic E-state index is 0.000100. The molecule has 0 unspecified atom stereocenters. The number of guanidine groups is 1. The van der Waals surface area contributed by atoms with Crippen LogP contribution in [0.3, 0.4) is 0 Å². The van der Waals surface area contributed by atoms with Gasteiger partial charge >= 0.3 is 5.97 Å². The number of aliphatic imine (C=N–C) groups is 1. The minimum Gasteiger partial charge on any atom is -0.481 e. The van der Waals surface area contributed by atoms with Gasteiger partial charge in [-0.05, 0) is 56.2 Å². The number of aliphatic carboxylic acids is 1. The van der Waals surface area contributed by atoms with Crippen molar-refractivity contribution in [2.24, 2.45) is 28.1 Å². The number of unbranched alkanes of at least 4 members (excludes halogenated alkanes) is 1. The number of fused-ring (bicyclic) bond motifs is 5. The summed E-state index contributed by atoms with van der Waals surface area (Å²) in [5.41, 5.74) is 16.6. The SMILES string of the molecule is NC(=O)COCC(=O)NCCOCCOCCOCCNC(=O)[C@@H]1CSCC(=O)N[C@@H](CCCCNC(=O)c2ccc(F)nc2)C(=O)N[C@H]2CSSC[C@H](NC(=O)[C@H](CC(=O)O)NC(=O)CNC(=O)[C@H](CCCN=C(N)N)NC2=O)C(=O)N[C@@H](Cc2ccccc2)C(=O)C1. The number of aromatic nitrogens is 1. The smallest absolute Gasteiger partial charge is 0.305 e. The number of ether oxygens (including phenoxy) is 4. The standard InChI is InChI=1S/C57H82FN15O18S3/c58-44-12-11-35(26-66-44)50(81)63-13-5-4-9-38-53(84)72-41-31-93-94-32-42(73-54(85)40(25-49(79)80)69-46(76)27-67-52(83)37(70-55(41)86)10-6-14-65-57(60)61)56(87)71-39(23-34-7-2-1-3-8-34)43(74)24-36(30-92-33-48(78)68-38)51(82)64-16-18-89-20-22-90-21-19-88-17-15-62-47(77)29-91-28-45(59)75/h1-3,7-8,11-12,26,36-42H,4-6,9-10,13-25,27-33H2,(H2,59,75)(H,62,77)(H,63,81)(H,64,82)(H,67,83)(H,68,78)(H,69,76)(H,70,86)(H,71,87)(H,72,84)(H,73,85)(H,79,80)(H4,60,61,65)/t36-,37-,38-,39-,40-,41-,42-/m0/s1. The van der Waals surface area contributed by atoms with Gasteiger partial charge in [-0.1, -0.05) is 51.9 Å². The first-order valence-electron chi connectivity index (χ1n) is 29.9. The predicted octanol–water partition coefficient (Wildman–Crippen LogP) is -4.58. The molecule has 2 bridgehead atoms. The number of benzene rings is 1. The molecule has 0 radical (unpaired) electrons. The van der Waals surface area contributed by atoms with Gasteiger partial charge in [-0.15, -0.1) is 0 Å². The van der Waals surface area contributed by atoms with Crippen LogP contribution >= 0.6 is 33.3 Å². The van der Waals surface area contributed by atoms with E-state index in [4.69, 9.17) is 36.1 Å². The lowest BCUT2D eigenvalue weighted by Gasteiger charge is -2.26. The number of pyridine rings is 1. The van der Waals surface area contributed by atoms with E-state index in [2.05, 4.69) is 63.1 Å². The number of ketones is 1. The lowest BCUT2D eigenvalue weighted by atomic mass is 9.94. The molecule has 2 aliphatic heterocycles. The van der Waals surface area contributed by atoms with Crippen molar-refractivity contribution in [3.63, 3.8) is 0 Å². The zero-order valence-corrected chi connectivity index (χ0v) is 53.9. The summed E-state index contributed by atoms with van der Waals surface area (Å²) in [5, 5.41) is 35.6. The summed E-state index contributed by atoms with van der Waals surface area (Å²) in [6.45, 7) is -0.549. The van der Waals surface area contributed by atoms with E-state index in [-0.39, 0.29) is 152 Å². The molecule has 0 saturated carbocycles. The molecule has 0 aliphatic carbocycles. The topological polar surface area (TPSA) is 503 Å². The second-order valence-electron chi connectivity index (χ2n) is 20.9. The molecule has 2 fully saturated rings. The van der Waals surface area contributed by atoms with Gasteiger partial charge in [0.05, 0.1) is 75.9 Å². The Morgan fingerprint density at radius 1 is 0.628 bits per heavy atom. The number of amides is 11. The summed E-state index contributed by atoms with van der Waals surface area (Å²) in [7, 11) is 1.83. The van der Waals surface area contributed by atoms with Gasteiger partial charge in [0.1, 0.15) is 43.4 Å². The Morgan fingerprint density at radius 2 is 1.23 bits per heavy atom. The van der Waals surface area contributed by atoms with Gasteiger partial charge in [0.15, 0.2) is 11.7 Å². The number of primary amides is 1. The Hall–Kier alpha value is -8.23. The molecule has 33 nitrogen and oxygen atoms in total. The highest BCUT2D eigenvalue weighted by Gasteiger charge is 2.35. The molecule has 4 rings (SSSR count). The van der Waals surface area contributed by atoms with E-state index in [1.54, 1.807) is 30.3 Å². The van der Waals surface area contributed by atoms with Gasteiger partial charge in [-0.25, -0.2) is 4.98 Å². The number of nitrogens with one attached hydrogen (secondary N) is 10. The molecule has 2 aromatic rings. The van der Waals surface area contributed by atoms with Crippen LogP contribution in [-0.2, 0) is 82.9 Å². The molecule has 11 amide bonds. The van der Waals surface area contributed by atoms with Crippen LogP contribution in [0.2, 0.25) is 0 Å². The van der Waals surface area contributed by atoms with Gasteiger partial charge in [-0.2, -0.15) is 16.2 Å². The van der Waals surface area contributed by atoms with Crippen molar-refractivity contribution in [3.8, 4) is 0 Å². The Kier molecular flexibility index (Phi) is 36.9. The molecular formula is C57H82FN15O18S3. The van der Waals surface area contributed by atoms with Gasteiger partial charge in [0.2, 0.25) is 65.0 Å². The molecule has 2 aliphatic rings. The van der Waals surface area contributed by atoms with E-state index in [1.807, 2.05) is 0 Å². The number of carboxylic acids is 1. The number of nitrogens with two attached hydrogens (primary N) is 3. The molecule has 2 saturated heterocycles. The van der Waals surface area contributed by atoms with Crippen molar-refractivity contribution in [2.45, 2.75) is 87.6 Å². The maximum Gasteiger partial charge on any atom is 0.305 e. The second kappa shape index (κ2) is 44.4. The summed E-state index contributed by atoms with van der Waals surface area (Å²) >= 11 is 0.941. The van der Waals surface area contributed by atoms with Gasteiger partial charge in [0.25, 0.3) is 5.91 Å². The average Bonchev–Trinajstić information content (AvgIpc) is 1.06. The van der Waals surface area contributed by atoms with E-state index in [9.17, 15) is 71.8 Å². The Labute approximate surface area is 552 Å². The van der Waals surface area contributed by atoms with Crippen molar-refractivity contribution < 1.29 is 90.8 Å². The largest absolute Gasteiger partial charge is 0.481 e. The summed E-state index contributed by atoms with van der Waals surface area (Å²) in [6.07, 6.45) is -0.214. The summed E-state index contributed by atoms with van der Waals surface area (Å²) in [5.74, 6) is -14.5. The third kappa shape index (κ3) is 32.6. The van der Waals surface area contributed by atoms with Crippen LogP contribution in [0.15, 0.2) is 53.7 Å². The molecule has 1 aromatic carbocycles. The van der Waals surface area contributed by atoms with Crippen LogP contribution in [0, 0.1) is 11.9 Å². The number of hydrogen-bond acceptors (Lipinski definition) is 22. The number of thioether (sulfide) groups is 1. The second-order valence-corrected chi connectivity index (χ2v) is 24.5. The number of Topliss-reactive ketones (excluding diaryl/α,β-unsaturated/α-hetero) is 1. The fourth-order valence-corrected chi connectivity index (χ4v) is 11.9. The molecule has 7 atom stereocenters. The molecule has 518 valence electrons. The first-order valence-corrected chi connectivity index (χ1v) is 33.5. The van der Waals surface area contributed by atoms with Crippen LogP contribution in [0.5, 0.6) is 0 Å². The van der Waals surface area contributed by atoms with E-state index in [0.717, 1.165) is 45.6 Å². The molecule has 37 heteroatoms. The van der Waals surface area contributed by atoms with Crippen molar-refractivity contribution in [2.75, 3.05) is 109 Å². The number of carboxylic acid groups (broad SMARTS) is 1. The maximum absolute atomic E-state index is 14.7. The van der Waals surface area contributed by atoms with E-state index in [0.29, 0.717) is 5.56 Å². The fourth-order valence-electron chi connectivity index (χ4n) is 8.66. The van der Waals surface area contributed by atoms with Crippen LogP contribution in [-0.4, -0.2) is 238 Å². The van der Waals surface area contributed by atoms with E-state index < -0.39 is 144 Å². The third-order valence-corrected chi connectivity index (χ3v) is 16.9. The highest BCUT2D eigenvalue weighted by atomic mass is 33.1. The van der Waals surface area contributed by atoms with Crippen molar-refractivity contribution in [1.82, 2.24) is 58.2 Å². The van der Waals surface area contributed by atoms with Crippen LogP contribution < -0.4 is 70.4 Å². The Bertz CT molecular complexity index is 2890. The van der Waals surface area contributed by atoms with Gasteiger partial charge in [0, 0.05) is 56.1 Å². The van der Waals surface area contributed by atoms with E-state index >= 15 is 0 Å². The fraction of sp³-hybridized carbons (Fsp3) is 0.561. The Morgan fingerprint density at radius 3 is 1.86 bits per heavy atom. The van der Waals surface area contributed by atoms with Crippen LogP contribution in [0.25, 0.3) is 0 Å². The monoisotopic (exact) mass is 1380 g/mol. The van der Waals surface area contributed by atoms with Gasteiger partial charge < -0.3 is 94.4 Å². The normalized spacial score (nSPS) is 20.8. The Balaban J connectivity index is 1.62. The molecule has 0 spiro atoms. The summed E-state index contributed by atoms with van der Waals surface area (Å²) in [4.78, 5) is 182. The highest BCUT2D eigenvalue weighted by Crippen LogP contribution is 2.25. The molecule has 94 heavy (non-hydrogen) atoms. The van der Waals surface area contributed by atoms with E-state index in [1.165, 1.54) is 6.07 Å². The minimum atomic E-state index is -1.82.